The number of aliphatic imine (C=N–C) groups is 2. The van der Waals surface area contributed by atoms with E-state index in [0.717, 1.165) is 16.8 Å². The third-order valence-electron chi connectivity index (χ3n) is 5.48. The van der Waals surface area contributed by atoms with Crippen molar-refractivity contribution >= 4 is 57.6 Å². The minimum absolute atomic E-state index is 0.0653. The van der Waals surface area contributed by atoms with Gasteiger partial charge in [0.2, 0.25) is 5.91 Å². The van der Waals surface area contributed by atoms with Crippen molar-refractivity contribution in [2.75, 3.05) is 5.32 Å². The lowest BCUT2D eigenvalue weighted by Gasteiger charge is -2.27. The van der Waals surface area contributed by atoms with E-state index >= 15 is 0 Å². The number of para-hydroxylation sites is 1. The molecule has 2 amide bonds. The number of amides is 2. The van der Waals surface area contributed by atoms with Crippen molar-refractivity contribution in [1.29, 1.82) is 0 Å². The average molecular weight is 469 g/mol. The molecule has 8 heteroatoms. The van der Waals surface area contributed by atoms with Crippen LogP contribution < -0.4 is 5.32 Å². The topological polar surface area (TPSA) is 74.1 Å². The predicted molar refractivity (Wildman–Crippen MR) is 132 cm³/mol. The number of carbonyl (C=O) groups excluding carboxylic acids is 2. The number of fused-ring (bicyclic) bond motifs is 3. The van der Waals surface area contributed by atoms with Crippen molar-refractivity contribution < 1.29 is 9.59 Å². The van der Waals surface area contributed by atoms with Crippen LogP contribution in [0.2, 0.25) is 5.02 Å². The third kappa shape index (κ3) is 4.19. The zero-order valence-corrected chi connectivity index (χ0v) is 20.0. The summed E-state index contributed by atoms with van der Waals surface area (Å²) in [6, 6.07) is 12.6. The fourth-order valence-corrected chi connectivity index (χ4v) is 4.83. The minimum atomic E-state index is -0.453. The van der Waals surface area contributed by atoms with Gasteiger partial charge >= 0.3 is 0 Å². The van der Waals surface area contributed by atoms with E-state index < -0.39 is 11.3 Å². The van der Waals surface area contributed by atoms with E-state index in [1.807, 2.05) is 64.1 Å². The molecule has 4 rings (SSSR count). The maximum atomic E-state index is 13.2. The predicted octanol–water partition coefficient (Wildman–Crippen LogP) is 5.41. The number of amidine groups is 2. The second-order valence-electron chi connectivity index (χ2n) is 8.19. The minimum Gasteiger partial charge on any atom is -0.325 e. The molecule has 2 aromatic rings. The number of nitrogens with one attached hydrogen (secondary N) is 1. The number of carbonyl (C=O) groups is 2. The number of hydrogen-bond acceptors (Lipinski definition) is 5. The molecular weight excluding hydrogens is 444 g/mol. The highest BCUT2D eigenvalue weighted by atomic mass is 35.5. The summed E-state index contributed by atoms with van der Waals surface area (Å²) in [5.41, 5.74) is 3.17. The molecule has 0 fully saturated rings. The molecule has 2 heterocycles. The summed E-state index contributed by atoms with van der Waals surface area (Å²) < 4.78 is 0. The van der Waals surface area contributed by atoms with E-state index in [2.05, 4.69) is 5.32 Å². The molecule has 166 valence electrons. The van der Waals surface area contributed by atoms with E-state index in [1.54, 1.807) is 11.0 Å². The molecular formula is C24H25ClN4O2S. The highest BCUT2D eigenvalue weighted by Gasteiger charge is 2.43. The van der Waals surface area contributed by atoms with E-state index in [1.165, 1.54) is 11.8 Å². The first kappa shape index (κ1) is 22.6. The maximum absolute atomic E-state index is 13.2. The zero-order chi connectivity index (χ0) is 23.0. The maximum Gasteiger partial charge on any atom is 0.259 e. The number of halogens is 1. The Morgan fingerprint density at radius 3 is 2.69 bits per heavy atom. The summed E-state index contributed by atoms with van der Waals surface area (Å²) >= 11 is 7.48. The molecule has 6 nitrogen and oxygen atoms in total. The molecule has 0 aromatic heterocycles. The van der Waals surface area contributed by atoms with Crippen LogP contribution in [0.3, 0.4) is 0 Å². The normalized spacial score (nSPS) is 18.1. The van der Waals surface area contributed by atoms with Gasteiger partial charge in [-0.2, -0.15) is 0 Å². The van der Waals surface area contributed by atoms with Crippen molar-refractivity contribution in [3.8, 4) is 0 Å². The van der Waals surface area contributed by atoms with Gasteiger partial charge in [0, 0.05) is 16.3 Å². The van der Waals surface area contributed by atoms with E-state index in [9.17, 15) is 9.59 Å². The molecule has 0 saturated carbocycles. The molecule has 0 unspecified atom stereocenters. The molecule has 2 aliphatic rings. The van der Waals surface area contributed by atoms with Crippen molar-refractivity contribution in [3.05, 3.63) is 58.6 Å². The number of nitrogens with zero attached hydrogens (tertiary/aromatic N) is 3. The summed E-state index contributed by atoms with van der Waals surface area (Å²) in [4.78, 5) is 37.3. The number of aryl methyl sites for hydroxylation is 1. The number of hydrogen-bond donors (Lipinski definition) is 1. The molecule has 32 heavy (non-hydrogen) atoms. The van der Waals surface area contributed by atoms with Gasteiger partial charge < -0.3 is 5.32 Å². The Labute approximate surface area is 197 Å². The lowest BCUT2D eigenvalue weighted by Crippen LogP contribution is -2.43. The SMILES string of the molecule is CC[C@@H](SC1=Nc2ccccc2C2=N[C@H](C(C)C)C(=O)N12)C(=O)Nc1ccc(C)c(Cl)c1. The second kappa shape index (κ2) is 9.08. The van der Waals surface area contributed by atoms with Gasteiger partial charge in [0.1, 0.15) is 11.9 Å². The number of thioether (sulfide) groups is 1. The second-order valence-corrected chi connectivity index (χ2v) is 9.77. The number of benzene rings is 2. The monoisotopic (exact) mass is 468 g/mol. The standard InChI is InChI=1S/C24H25ClN4O2S/c1-5-19(22(30)26-15-11-10-14(4)17(25)12-15)32-24-27-18-9-7-6-8-16(18)21-28-20(13(2)3)23(31)29(21)24/h6-13,19-20H,5H2,1-4H3,(H,26,30)/t19-,20-/m1/s1. The Morgan fingerprint density at radius 1 is 1.25 bits per heavy atom. The van der Waals surface area contributed by atoms with Gasteiger partial charge in [-0.3, -0.25) is 14.6 Å². The Balaban J connectivity index is 1.62. The van der Waals surface area contributed by atoms with Crippen LogP contribution in [0.25, 0.3) is 0 Å². The first-order chi connectivity index (χ1) is 15.3. The van der Waals surface area contributed by atoms with Crippen molar-refractivity contribution in [1.82, 2.24) is 4.90 Å². The fraction of sp³-hybridized carbons (Fsp3) is 0.333. The van der Waals surface area contributed by atoms with Gasteiger partial charge in [-0.15, -0.1) is 0 Å². The van der Waals surface area contributed by atoms with Gasteiger partial charge in [0.15, 0.2) is 5.17 Å². The molecule has 2 atom stereocenters. The quantitative estimate of drug-likeness (QED) is 0.637. The molecule has 1 N–H and O–H groups in total. The highest BCUT2D eigenvalue weighted by molar-refractivity contribution is 8.15. The van der Waals surface area contributed by atoms with E-state index in [0.29, 0.717) is 28.1 Å². The van der Waals surface area contributed by atoms with Gasteiger partial charge in [0.05, 0.1) is 10.9 Å². The molecule has 2 aromatic carbocycles. The first-order valence-corrected chi connectivity index (χ1v) is 11.9. The summed E-state index contributed by atoms with van der Waals surface area (Å²) in [5, 5.41) is 3.58. The Kier molecular flexibility index (Phi) is 6.40. The largest absolute Gasteiger partial charge is 0.325 e. The number of rotatable bonds is 5. The third-order valence-corrected chi connectivity index (χ3v) is 7.20. The smallest absolute Gasteiger partial charge is 0.259 e. The Bertz CT molecular complexity index is 1140. The molecule has 2 aliphatic heterocycles. The van der Waals surface area contributed by atoms with Gasteiger partial charge in [-0.25, -0.2) is 9.89 Å². The van der Waals surface area contributed by atoms with Crippen molar-refractivity contribution in [3.63, 3.8) is 0 Å². The van der Waals surface area contributed by atoms with Gasteiger partial charge in [-0.1, -0.05) is 62.3 Å². The summed E-state index contributed by atoms with van der Waals surface area (Å²) in [5.74, 6) is 0.416. The zero-order valence-electron chi connectivity index (χ0n) is 18.4. The van der Waals surface area contributed by atoms with Crippen LogP contribution in [-0.2, 0) is 9.59 Å². The first-order valence-electron chi connectivity index (χ1n) is 10.6. The molecule has 0 bridgehead atoms. The van der Waals surface area contributed by atoms with E-state index in [-0.39, 0.29) is 17.7 Å². The van der Waals surface area contributed by atoms with Crippen LogP contribution in [0.5, 0.6) is 0 Å². The molecule has 0 radical (unpaired) electrons. The van der Waals surface area contributed by atoms with E-state index in [4.69, 9.17) is 21.6 Å². The van der Waals surface area contributed by atoms with Crippen LogP contribution in [0, 0.1) is 12.8 Å². The summed E-state index contributed by atoms with van der Waals surface area (Å²) in [6.07, 6.45) is 0.568. The Hall–Kier alpha value is -2.64. The van der Waals surface area contributed by atoms with Crippen LogP contribution in [0.4, 0.5) is 11.4 Å². The van der Waals surface area contributed by atoms with Gasteiger partial charge in [0.25, 0.3) is 5.91 Å². The lowest BCUT2D eigenvalue weighted by molar-refractivity contribution is -0.125. The number of anilines is 1. The van der Waals surface area contributed by atoms with Crippen LogP contribution in [0.1, 0.15) is 38.3 Å². The highest BCUT2D eigenvalue weighted by Crippen LogP contribution is 2.36. The molecule has 0 saturated heterocycles. The molecule has 0 aliphatic carbocycles. The van der Waals surface area contributed by atoms with Crippen LogP contribution >= 0.6 is 23.4 Å². The van der Waals surface area contributed by atoms with Crippen molar-refractivity contribution in [2.45, 2.75) is 45.4 Å². The van der Waals surface area contributed by atoms with Gasteiger partial charge in [-0.05, 0) is 49.1 Å². The summed E-state index contributed by atoms with van der Waals surface area (Å²) in [6.45, 7) is 7.81. The fourth-order valence-electron chi connectivity index (χ4n) is 3.63. The Morgan fingerprint density at radius 2 is 2.00 bits per heavy atom. The lowest BCUT2D eigenvalue weighted by atomic mass is 10.1. The van der Waals surface area contributed by atoms with Crippen LogP contribution in [-0.4, -0.2) is 39.0 Å². The van der Waals surface area contributed by atoms with Crippen LogP contribution in [0.15, 0.2) is 52.4 Å². The molecule has 0 spiro atoms. The summed E-state index contributed by atoms with van der Waals surface area (Å²) in [7, 11) is 0. The van der Waals surface area contributed by atoms with Crippen molar-refractivity contribution in [2.24, 2.45) is 15.9 Å². The average Bonchev–Trinajstić information content (AvgIpc) is 3.12.